The Kier molecular flexibility index (Phi) is 3.09. The fourth-order valence-corrected chi connectivity index (χ4v) is 1.24. The molecule has 1 aromatic carbocycles. The molecule has 0 unspecified atom stereocenters. The Balaban J connectivity index is 3.32. The first-order valence-corrected chi connectivity index (χ1v) is 4.38. The van der Waals surface area contributed by atoms with Gasteiger partial charge in [0.05, 0.1) is 0 Å². The van der Waals surface area contributed by atoms with Crippen LogP contribution in [0.2, 0.25) is 0 Å². The number of phenols is 2. The van der Waals surface area contributed by atoms with Crippen molar-refractivity contribution in [2.24, 2.45) is 5.73 Å². The lowest BCUT2D eigenvalue weighted by Crippen LogP contribution is -2.03. The number of rotatable bonds is 3. The summed E-state index contributed by atoms with van der Waals surface area (Å²) >= 11 is 0. The zero-order valence-electron chi connectivity index (χ0n) is 7.95. The second kappa shape index (κ2) is 4.11. The first-order chi connectivity index (χ1) is 6.61. The highest BCUT2D eigenvalue weighted by molar-refractivity contribution is 6.01. The molecule has 0 fully saturated rings. The normalized spacial score (nSPS) is 10.1. The van der Waals surface area contributed by atoms with Gasteiger partial charge in [-0.2, -0.15) is 0 Å². The van der Waals surface area contributed by atoms with Gasteiger partial charge in [-0.25, -0.2) is 0 Å². The molecule has 0 amide bonds. The number of ketones is 1. The molecule has 0 saturated heterocycles. The van der Waals surface area contributed by atoms with Gasteiger partial charge in [-0.05, 0) is 6.07 Å². The zero-order valence-corrected chi connectivity index (χ0v) is 7.95. The third-order valence-electron chi connectivity index (χ3n) is 2.06. The molecule has 0 heterocycles. The van der Waals surface area contributed by atoms with Crippen molar-refractivity contribution in [1.82, 2.24) is 0 Å². The van der Waals surface area contributed by atoms with E-state index in [1.807, 2.05) is 0 Å². The lowest BCUT2D eigenvalue weighted by Gasteiger charge is -2.08. The van der Waals surface area contributed by atoms with E-state index >= 15 is 0 Å². The first-order valence-electron chi connectivity index (χ1n) is 4.38. The van der Waals surface area contributed by atoms with Gasteiger partial charge in [0.25, 0.3) is 0 Å². The number of aromatic hydroxyl groups is 2. The molecule has 0 saturated carbocycles. The van der Waals surface area contributed by atoms with Crippen molar-refractivity contribution < 1.29 is 15.0 Å². The van der Waals surface area contributed by atoms with Crippen LogP contribution in [-0.4, -0.2) is 16.0 Å². The van der Waals surface area contributed by atoms with Crippen molar-refractivity contribution in [2.45, 2.75) is 19.9 Å². The average Bonchev–Trinajstić information content (AvgIpc) is 2.18. The maximum absolute atomic E-state index is 11.4. The van der Waals surface area contributed by atoms with Crippen LogP contribution in [0.3, 0.4) is 0 Å². The van der Waals surface area contributed by atoms with Gasteiger partial charge in [-0.3, -0.25) is 4.79 Å². The highest BCUT2D eigenvalue weighted by atomic mass is 16.3. The SMILES string of the molecule is CCC(=O)c1c(O)ccc(CN)c1O. The molecular formula is C10H13NO3. The van der Waals surface area contributed by atoms with E-state index < -0.39 is 0 Å². The molecule has 4 N–H and O–H groups in total. The van der Waals surface area contributed by atoms with Gasteiger partial charge >= 0.3 is 0 Å². The molecule has 4 nitrogen and oxygen atoms in total. The van der Waals surface area contributed by atoms with Crippen LogP contribution in [-0.2, 0) is 6.54 Å². The monoisotopic (exact) mass is 195 g/mol. The van der Waals surface area contributed by atoms with E-state index in [9.17, 15) is 15.0 Å². The molecule has 0 radical (unpaired) electrons. The minimum Gasteiger partial charge on any atom is -0.507 e. The van der Waals surface area contributed by atoms with Crippen LogP contribution in [0.4, 0.5) is 0 Å². The van der Waals surface area contributed by atoms with Gasteiger partial charge in [-0.1, -0.05) is 13.0 Å². The standard InChI is InChI=1S/C10H13NO3/c1-2-7(12)9-8(13)4-3-6(5-11)10(9)14/h3-4,13-14H,2,5,11H2,1H3. The van der Waals surface area contributed by atoms with E-state index in [-0.39, 0.29) is 35.8 Å². The lowest BCUT2D eigenvalue weighted by atomic mass is 10.0. The first kappa shape index (κ1) is 10.5. The molecule has 4 heteroatoms. The average molecular weight is 195 g/mol. The van der Waals surface area contributed by atoms with E-state index in [2.05, 4.69) is 0 Å². The number of benzene rings is 1. The Bertz CT molecular complexity index is 361. The summed E-state index contributed by atoms with van der Waals surface area (Å²) < 4.78 is 0. The van der Waals surface area contributed by atoms with Gasteiger partial charge in [0.1, 0.15) is 17.1 Å². The molecule has 1 aromatic rings. The molecule has 0 bridgehead atoms. The van der Waals surface area contributed by atoms with Crippen LogP contribution in [0.5, 0.6) is 11.5 Å². The number of hydrogen-bond acceptors (Lipinski definition) is 4. The summed E-state index contributed by atoms with van der Waals surface area (Å²) in [5.74, 6) is -0.707. The van der Waals surface area contributed by atoms with Crippen molar-refractivity contribution in [3.63, 3.8) is 0 Å². The number of carbonyl (C=O) groups is 1. The van der Waals surface area contributed by atoms with Crippen LogP contribution >= 0.6 is 0 Å². The molecule has 14 heavy (non-hydrogen) atoms. The molecule has 0 spiro atoms. The molecule has 0 aliphatic carbocycles. The molecule has 0 aliphatic rings. The minimum atomic E-state index is -0.296. The quantitative estimate of drug-likeness (QED) is 0.632. The highest BCUT2D eigenvalue weighted by Gasteiger charge is 2.16. The van der Waals surface area contributed by atoms with Crippen LogP contribution in [0.15, 0.2) is 12.1 Å². The third-order valence-corrected chi connectivity index (χ3v) is 2.06. The Morgan fingerprint density at radius 2 is 2.07 bits per heavy atom. The fourth-order valence-electron chi connectivity index (χ4n) is 1.24. The smallest absolute Gasteiger partial charge is 0.170 e. The van der Waals surface area contributed by atoms with Crippen molar-refractivity contribution in [3.05, 3.63) is 23.3 Å². The highest BCUT2D eigenvalue weighted by Crippen LogP contribution is 2.31. The molecule has 0 atom stereocenters. The topological polar surface area (TPSA) is 83.5 Å². The van der Waals surface area contributed by atoms with E-state index in [1.165, 1.54) is 12.1 Å². The molecule has 0 aliphatic heterocycles. The maximum atomic E-state index is 11.4. The van der Waals surface area contributed by atoms with Crippen LogP contribution in [0.25, 0.3) is 0 Å². The van der Waals surface area contributed by atoms with Crippen molar-refractivity contribution in [3.8, 4) is 11.5 Å². The van der Waals surface area contributed by atoms with Crippen molar-refractivity contribution >= 4 is 5.78 Å². The molecular weight excluding hydrogens is 182 g/mol. The second-order valence-electron chi connectivity index (χ2n) is 2.95. The van der Waals surface area contributed by atoms with Gasteiger partial charge in [-0.15, -0.1) is 0 Å². The van der Waals surface area contributed by atoms with Crippen LogP contribution in [0.1, 0.15) is 29.3 Å². The number of Topliss-reactive ketones (excluding diaryl/α,β-unsaturated/α-hetero) is 1. The number of phenolic OH excluding ortho intramolecular Hbond substituents is 2. The van der Waals surface area contributed by atoms with Crippen LogP contribution in [0, 0.1) is 0 Å². The van der Waals surface area contributed by atoms with E-state index in [1.54, 1.807) is 6.92 Å². The van der Waals surface area contributed by atoms with Gasteiger partial charge < -0.3 is 15.9 Å². The Morgan fingerprint density at radius 1 is 1.43 bits per heavy atom. The third kappa shape index (κ3) is 1.70. The van der Waals surface area contributed by atoms with E-state index in [4.69, 9.17) is 5.73 Å². The second-order valence-corrected chi connectivity index (χ2v) is 2.95. The predicted molar refractivity (Wildman–Crippen MR) is 52.3 cm³/mol. The summed E-state index contributed by atoms with van der Waals surface area (Å²) in [4.78, 5) is 11.4. The summed E-state index contributed by atoms with van der Waals surface area (Å²) in [5.41, 5.74) is 5.78. The Hall–Kier alpha value is -1.55. The Labute approximate surface area is 82.0 Å². The van der Waals surface area contributed by atoms with Gasteiger partial charge in [0.2, 0.25) is 0 Å². The number of carbonyl (C=O) groups excluding carboxylic acids is 1. The minimum absolute atomic E-state index is 0.0320. The molecule has 0 aromatic heterocycles. The summed E-state index contributed by atoms with van der Waals surface area (Å²) in [5, 5.41) is 19.0. The van der Waals surface area contributed by atoms with Crippen LogP contribution < -0.4 is 5.73 Å². The summed E-state index contributed by atoms with van der Waals surface area (Å²) in [7, 11) is 0. The van der Waals surface area contributed by atoms with Crippen molar-refractivity contribution in [1.29, 1.82) is 0 Å². The number of nitrogens with two attached hydrogens (primary N) is 1. The summed E-state index contributed by atoms with van der Waals surface area (Å²) in [6.07, 6.45) is 0.231. The summed E-state index contributed by atoms with van der Waals surface area (Å²) in [6, 6.07) is 2.86. The zero-order chi connectivity index (χ0) is 10.7. The van der Waals surface area contributed by atoms with Crippen molar-refractivity contribution in [2.75, 3.05) is 0 Å². The molecule has 1 rings (SSSR count). The maximum Gasteiger partial charge on any atom is 0.170 e. The number of hydrogen-bond donors (Lipinski definition) is 3. The fraction of sp³-hybridized carbons (Fsp3) is 0.300. The summed E-state index contributed by atoms with van der Waals surface area (Å²) in [6.45, 7) is 1.80. The van der Waals surface area contributed by atoms with Gasteiger partial charge in [0.15, 0.2) is 5.78 Å². The predicted octanol–water partition coefficient (Wildman–Crippen LogP) is 1.15. The van der Waals surface area contributed by atoms with E-state index in [0.29, 0.717) is 5.56 Å². The lowest BCUT2D eigenvalue weighted by molar-refractivity contribution is 0.0982. The largest absolute Gasteiger partial charge is 0.507 e. The van der Waals surface area contributed by atoms with Gasteiger partial charge in [0, 0.05) is 18.5 Å². The molecule has 76 valence electrons. The Morgan fingerprint density at radius 3 is 2.57 bits per heavy atom. The van der Waals surface area contributed by atoms with E-state index in [0.717, 1.165) is 0 Å².